The molecule has 0 fully saturated rings. The molecule has 0 saturated carbocycles. The lowest BCUT2D eigenvalue weighted by molar-refractivity contribution is 0.599. The number of hydrogen-bond acceptors (Lipinski definition) is 3. The number of hydrogen-bond donors (Lipinski definition) is 1. The van der Waals surface area contributed by atoms with Crippen molar-refractivity contribution < 1.29 is 8.42 Å². The fourth-order valence-electron chi connectivity index (χ4n) is 2.04. The summed E-state index contributed by atoms with van der Waals surface area (Å²) in [7, 11) is -3.56. The summed E-state index contributed by atoms with van der Waals surface area (Å²) in [6.07, 6.45) is 0. The van der Waals surface area contributed by atoms with Crippen LogP contribution in [-0.2, 0) is 10.0 Å². The first-order chi connectivity index (χ1) is 9.08. The summed E-state index contributed by atoms with van der Waals surface area (Å²) in [5.74, 6) is 0.380. The van der Waals surface area contributed by atoms with Gasteiger partial charge >= 0.3 is 0 Å². The molecule has 0 radical (unpaired) electrons. The van der Waals surface area contributed by atoms with Crippen LogP contribution in [0.4, 0.5) is 5.69 Å². The molecule has 0 amide bonds. The van der Waals surface area contributed by atoms with Crippen LogP contribution in [0.2, 0.25) is 0 Å². The van der Waals surface area contributed by atoms with Crippen LogP contribution in [0.5, 0.6) is 0 Å². The number of amidine groups is 1. The predicted molar refractivity (Wildman–Crippen MR) is 75.0 cm³/mol. The average Bonchev–Trinajstić information content (AvgIpc) is 2.65. The second-order valence-corrected chi connectivity index (χ2v) is 5.92. The van der Waals surface area contributed by atoms with Crippen molar-refractivity contribution in [1.29, 1.82) is 0 Å². The number of fused-ring (bicyclic) bond motifs is 1. The number of nitrogens with one attached hydrogen (secondary N) is 1. The molecule has 0 bridgehead atoms. The molecule has 1 aliphatic heterocycles. The van der Waals surface area contributed by atoms with Crippen molar-refractivity contribution in [1.82, 2.24) is 0 Å². The van der Waals surface area contributed by atoms with Gasteiger partial charge in [-0.2, -0.15) is 8.42 Å². The lowest BCUT2D eigenvalue weighted by atomic mass is 10.1. The van der Waals surface area contributed by atoms with Gasteiger partial charge in [0.05, 0.1) is 0 Å². The van der Waals surface area contributed by atoms with Crippen LogP contribution in [0.3, 0.4) is 0 Å². The molecule has 2 aromatic carbocycles. The first-order valence-corrected chi connectivity index (χ1v) is 7.29. The van der Waals surface area contributed by atoms with Gasteiger partial charge in [0.1, 0.15) is 4.90 Å². The molecule has 0 aliphatic carbocycles. The van der Waals surface area contributed by atoms with E-state index in [4.69, 9.17) is 0 Å². The Morgan fingerprint density at radius 1 is 1.00 bits per heavy atom. The Labute approximate surface area is 111 Å². The highest BCUT2D eigenvalue weighted by Crippen LogP contribution is 2.27. The van der Waals surface area contributed by atoms with Crippen LogP contribution in [0.15, 0.2) is 57.8 Å². The van der Waals surface area contributed by atoms with E-state index >= 15 is 0 Å². The predicted octanol–water partition coefficient (Wildman–Crippen LogP) is 2.56. The van der Waals surface area contributed by atoms with E-state index in [1.807, 2.05) is 31.2 Å². The number of benzene rings is 2. The SMILES string of the molecule is Cc1ccccc1NC1=NS(=O)(=O)c2ccccc21. The molecule has 5 heteroatoms. The minimum Gasteiger partial charge on any atom is -0.339 e. The zero-order valence-corrected chi connectivity index (χ0v) is 11.1. The van der Waals surface area contributed by atoms with E-state index in [0.29, 0.717) is 11.4 Å². The normalized spacial score (nSPS) is 15.7. The van der Waals surface area contributed by atoms with E-state index in [1.165, 1.54) is 0 Å². The third kappa shape index (κ3) is 2.02. The highest BCUT2D eigenvalue weighted by Gasteiger charge is 2.28. The molecule has 0 unspecified atom stereocenters. The van der Waals surface area contributed by atoms with Crippen LogP contribution in [-0.4, -0.2) is 14.3 Å². The van der Waals surface area contributed by atoms with Gasteiger partial charge in [-0.05, 0) is 30.7 Å². The fourth-order valence-corrected chi connectivity index (χ4v) is 3.21. The van der Waals surface area contributed by atoms with Crippen molar-refractivity contribution in [3.63, 3.8) is 0 Å². The van der Waals surface area contributed by atoms with Crippen molar-refractivity contribution >= 4 is 21.5 Å². The zero-order valence-electron chi connectivity index (χ0n) is 10.3. The molecule has 96 valence electrons. The quantitative estimate of drug-likeness (QED) is 0.868. The van der Waals surface area contributed by atoms with Crippen LogP contribution >= 0.6 is 0 Å². The van der Waals surface area contributed by atoms with Gasteiger partial charge in [-0.3, -0.25) is 0 Å². The first-order valence-electron chi connectivity index (χ1n) is 5.85. The van der Waals surface area contributed by atoms with Crippen LogP contribution in [0.25, 0.3) is 0 Å². The smallest absolute Gasteiger partial charge is 0.285 e. The molecular weight excluding hydrogens is 260 g/mol. The van der Waals surface area contributed by atoms with Gasteiger partial charge < -0.3 is 5.32 Å². The number of nitrogens with zero attached hydrogens (tertiary/aromatic N) is 1. The Balaban J connectivity index is 2.07. The Morgan fingerprint density at radius 2 is 1.68 bits per heavy atom. The van der Waals surface area contributed by atoms with Gasteiger partial charge in [0.15, 0.2) is 5.84 Å². The maximum Gasteiger partial charge on any atom is 0.285 e. The molecule has 0 atom stereocenters. The summed E-state index contributed by atoms with van der Waals surface area (Å²) in [6.45, 7) is 1.96. The topological polar surface area (TPSA) is 58.5 Å². The lowest BCUT2D eigenvalue weighted by Crippen LogP contribution is -2.12. The molecule has 4 nitrogen and oxygen atoms in total. The second kappa shape index (κ2) is 4.20. The van der Waals surface area contributed by atoms with Gasteiger partial charge in [0, 0.05) is 11.3 Å². The maximum absolute atomic E-state index is 11.9. The largest absolute Gasteiger partial charge is 0.339 e. The van der Waals surface area contributed by atoms with Crippen LogP contribution in [0.1, 0.15) is 11.1 Å². The molecule has 19 heavy (non-hydrogen) atoms. The second-order valence-electron chi connectivity index (χ2n) is 4.35. The van der Waals surface area contributed by atoms with E-state index in [9.17, 15) is 8.42 Å². The van der Waals surface area contributed by atoms with Crippen molar-refractivity contribution in [2.24, 2.45) is 4.40 Å². The van der Waals surface area contributed by atoms with Gasteiger partial charge in [-0.15, -0.1) is 4.40 Å². The number of rotatable bonds is 1. The number of aryl methyl sites for hydroxylation is 1. The van der Waals surface area contributed by atoms with E-state index < -0.39 is 10.0 Å². The average molecular weight is 272 g/mol. The molecule has 1 aliphatic rings. The highest BCUT2D eigenvalue weighted by atomic mass is 32.2. The monoisotopic (exact) mass is 272 g/mol. The third-order valence-corrected chi connectivity index (χ3v) is 4.36. The Hall–Kier alpha value is -2.14. The van der Waals surface area contributed by atoms with E-state index in [-0.39, 0.29) is 4.90 Å². The fraction of sp³-hybridized carbons (Fsp3) is 0.0714. The molecule has 0 spiro atoms. The molecule has 1 N–H and O–H groups in total. The minimum absolute atomic E-state index is 0.256. The van der Waals surface area contributed by atoms with Crippen molar-refractivity contribution in [2.75, 3.05) is 5.32 Å². The molecule has 0 aromatic heterocycles. The summed E-state index contributed by atoms with van der Waals surface area (Å²) in [6, 6.07) is 14.5. The van der Waals surface area contributed by atoms with Crippen molar-refractivity contribution in [2.45, 2.75) is 11.8 Å². The Bertz CT molecular complexity index is 780. The maximum atomic E-state index is 11.9. The standard InChI is InChI=1S/C14H12N2O2S/c1-10-6-2-4-8-12(10)15-14-11-7-3-5-9-13(11)19(17,18)16-14/h2-9H,1H3,(H,15,16). The summed E-state index contributed by atoms with van der Waals surface area (Å²) in [5, 5.41) is 3.09. The van der Waals surface area contributed by atoms with Gasteiger partial charge in [0.2, 0.25) is 0 Å². The van der Waals surface area contributed by atoms with Gasteiger partial charge in [-0.25, -0.2) is 0 Å². The summed E-state index contributed by atoms with van der Waals surface area (Å²) in [4.78, 5) is 0.256. The zero-order chi connectivity index (χ0) is 13.5. The van der Waals surface area contributed by atoms with E-state index in [0.717, 1.165) is 11.3 Å². The van der Waals surface area contributed by atoms with E-state index in [1.54, 1.807) is 24.3 Å². The molecule has 1 heterocycles. The molecular formula is C14H12N2O2S. The molecule has 2 aromatic rings. The van der Waals surface area contributed by atoms with Crippen molar-refractivity contribution in [3.05, 3.63) is 59.7 Å². The lowest BCUT2D eigenvalue weighted by Gasteiger charge is -2.08. The summed E-state index contributed by atoms with van der Waals surface area (Å²) < 4.78 is 27.6. The first kappa shape index (κ1) is 11.9. The van der Waals surface area contributed by atoms with Crippen LogP contribution < -0.4 is 5.32 Å². The third-order valence-electron chi connectivity index (χ3n) is 3.03. The number of para-hydroxylation sites is 1. The molecule has 0 saturated heterocycles. The minimum atomic E-state index is -3.56. The summed E-state index contributed by atoms with van der Waals surface area (Å²) in [5.41, 5.74) is 2.51. The molecule has 3 rings (SSSR count). The number of sulfonamides is 1. The van der Waals surface area contributed by atoms with Crippen LogP contribution in [0, 0.1) is 6.92 Å². The van der Waals surface area contributed by atoms with Gasteiger partial charge in [0.25, 0.3) is 10.0 Å². The van der Waals surface area contributed by atoms with Gasteiger partial charge in [-0.1, -0.05) is 30.3 Å². The van der Waals surface area contributed by atoms with E-state index in [2.05, 4.69) is 9.71 Å². The highest BCUT2D eigenvalue weighted by molar-refractivity contribution is 7.90. The Morgan fingerprint density at radius 3 is 2.47 bits per heavy atom. The Kier molecular flexibility index (Phi) is 2.64. The van der Waals surface area contributed by atoms with Crippen molar-refractivity contribution in [3.8, 4) is 0 Å². The number of anilines is 1. The summed E-state index contributed by atoms with van der Waals surface area (Å²) >= 11 is 0.